The Hall–Kier alpha value is -1.82. The lowest BCUT2D eigenvalue weighted by molar-refractivity contribution is -0.117. The van der Waals surface area contributed by atoms with E-state index in [-0.39, 0.29) is 29.0 Å². The molecule has 1 N–H and O–H groups in total. The van der Waals surface area contributed by atoms with E-state index in [0.29, 0.717) is 17.1 Å². The van der Waals surface area contributed by atoms with Crippen LogP contribution in [0.4, 0.5) is 9.52 Å². The van der Waals surface area contributed by atoms with Gasteiger partial charge < -0.3 is 5.32 Å². The van der Waals surface area contributed by atoms with Crippen molar-refractivity contribution in [1.29, 1.82) is 0 Å². The molecule has 0 radical (unpaired) electrons. The molecule has 2 unspecified atom stereocenters. The zero-order valence-electron chi connectivity index (χ0n) is 15.7. The van der Waals surface area contributed by atoms with Crippen molar-refractivity contribution in [3.05, 3.63) is 40.7 Å². The highest BCUT2D eigenvalue weighted by molar-refractivity contribution is 7.15. The van der Waals surface area contributed by atoms with Crippen molar-refractivity contribution >= 4 is 22.4 Å². The maximum atomic E-state index is 14.0. The number of hydrogen-bond donors (Lipinski definition) is 1. The van der Waals surface area contributed by atoms with Gasteiger partial charge in [-0.25, -0.2) is 4.39 Å². The lowest BCUT2D eigenvalue weighted by Crippen LogP contribution is -2.48. The highest BCUT2D eigenvalue weighted by Crippen LogP contribution is 2.61. The van der Waals surface area contributed by atoms with E-state index in [1.165, 1.54) is 44.6 Å². The number of benzene rings is 1. The molecule has 5 aliphatic carbocycles. The topological polar surface area (TPSA) is 54.9 Å². The molecule has 2 aromatic rings. The predicted molar refractivity (Wildman–Crippen MR) is 106 cm³/mol. The first-order valence-electron chi connectivity index (χ1n) is 10.5. The van der Waals surface area contributed by atoms with E-state index < -0.39 is 0 Å². The van der Waals surface area contributed by atoms with Crippen molar-refractivity contribution in [3.63, 3.8) is 0 Å². The summed E-state index contributed by atoms with van der Waals surface area (Å²) in [5.41, 5.74) is 0.860. The molecule has 1 aromatic heterocycles. The van der Waals surface area contributed by atoms with Gasteiger partial charge in [0.15, 0.2) is 0 Å². The number of carbonyl (C=O) groups excluding carboxylic acids is 1. The summed E-state index contributed by atoms with van der Waals surface area (Å²) in [7, 11) is 0. The third-order valence-corrected chi connectivity index (χ3v) is 8.66. The molecule has 28 heavy (non-hydrogen) atoms. The van der Waals surface area contributed by atoms with Crippen molar-refractivity contribution < 1.29 is 9.18 Å². The summed E-state index contributed by atoms with van der Waals surface area (Å²) in [6.07, 6.45) is 8.66. The molecule has 7 rings (SSSR count). The van der Waals surface area contributed by atoms with Crippen molar-refractivity contribution in [1.82, 2.24) is 10.2 Å². The van der Waals surface area contributed by atoms with Crippen LogP contribution in [0.5, 0.6) is 0 Å². The SMILES string of the molecule is O=C(Nc1nnc(C23CC4CC(CC(C4)C2)C3)s1)C1CC1c1ccccc1F. The van der Waals surface area contributed by atoms with Crippen molar-refractivity contribution in [2.24, 2.45) is 23.7 Å². The van der Waals surface area contributed by atoms with Gasteiger partial charge in [0.25, 0.3) is 0 Å². The van der Waals surface area contributed by atoms with Crippen molar-refractivity contribution in [2.45, 2.75) is 56.3 Å². The van der Waals surface area contributed by atoms with E-state index in [1.54, 1.807) is 23.5 Å². The maximum absolute atomic E-state index is 14.0. The molecule has 6 heteroatoms. The molecule has 0 spiro atoms. The quantitative estimate of drug-likeness (QED) is 0.799. The fourth-order valence-electron chi connectivity index (χ4n) is 6.66. The zero-order valence-corrected chi connectivity index (χ0v) is 16.6. The van der Waals surface area contributed by atoms with Crippen LogP contribution < -0.4 is 5.32 Å². The van der Waals surface area contributed by atoms with Gasteiger partial charge in [-0.3, -0.25) is 4.79 Å². The van der Waals surface area contributed by atoms with E-state index in [1.807, 2.05) is 6.07 Å². The second-order valence-corrected chi connectivity index (χ2v) is 10.5. The molecular formula is C22H24FN3OS. The Morgan fingerprint density at radius 2 is 1.71 bits per heavy atom. The van der Waals surface area contributed by atoms with Gasteiger partial charge in [-0.1, -0.05) is 29.5 Å². The summed E-state index contributed by atoms with van der Waals surface area (Å²) in [5.74, 6) is 2.13. The number of aromatic nitrogens is 2. The Bertz CT molecular complexity index is 906. The molecule has 146 valence electrons. The van der Waals surface area contributed by atoms with Gasteiger partial charge in [-0.15, -0.1) is 10.2 Å². The maximum Gasteiger partial charge on any atom is 0.229 e. The first-order valence-corrected chi connectivity index (χ1v) is 11.3. The minimum Gasteiger partial charge on any atom is -0.300 e. The van der Waals surface area contributed by atoms with Crippen molar-refractivity contribution in [2.75, 3.05) is 5.32 Å². The van der Waals surface area contributed by atoms with E-state index in [4.69, 9.17) is 0 Å². The highest BCUT2D eigenvalue weighted by Gasteiger charge is 2.53. The van der Waals surface area contributed by atoms with Gasteiger partial charge in [0, 0.05) is 11.3 Å². The normalized spacial score (nSPS) is 37.8. The van der Waals surface area contributed by atoms with Gasteiger partial charge >= 0.3 is 0 Å². The Balaban J connectivity index is 1.16. The van der Waals surface area contributed by atoms with Crippen LogP contribution in [0.1, 0.15) is 61.4 Å². The molecule has 0 aliphatic heterocycles. The average Bonchev–Trinajstić information content (AvgIpc) is 3.31. The molecule has 1 heterocycles. The standard InChI is InChI=1S/C22H24FN3OS/c23-18-4-2-1-3-15(18)16-8-17(16)19(27)24-21-26-25-20(28-21)22-9-12-5-13(10-22)7-14(6-12)11-22/h1-4,12-14,16-17H,5-11H2,(H,24,26,27). The number of rotatable bonds is 4. The number of hydrogen-bond acceptors (Lipinski definition) is 4. The summed E-state index contributed by atoms with van der Waals surface area (Å²) in [6.45, 7) is 0. The number of nitrogens with zero attached hydrogens (tertiary/aromatic N) is 2. The summed E-state index contributed by atoms with van der Waals surface area (Å²) < 4.78 is 14.0. The number of carbonyl (C=O) groups is 1. The fraction of sp³-hybridized carbons (Fsp3) is 0.591. The second kappa shape index (κ2) is 6.09. The third-order valence-electron chi connectivity index (χ3n) is 7.58. The summed E-state index contributed by atoms with van der Waals surface area (Å²) in [4.78, 5) is 12.6. The van der Waals surface area contributed by atoms with Gasteiger partial charge in [-0.05, 0) is 80.2 Å². The Kier molecular flexibility index (Phi) is 3.71. The monoisotopic (exact) mass is 397 g/mol. The van der Waals surface area contributed by atoms with E-state index in [2.05, 4.69) is 15.5 Å². The Morgan fingerprint density at radius 1 is 1.04 bits per heavy atom. The second-order valence-electron chi connectivity index (χ2n) is 9.57. The smallest absolute Gasteiger partial charge is 0.229 e. The van der Waals surface area contributed by atoms with Crippen LogP contribution in [0.3, 0.4) is 0 Å². The molecule has 1 aromatic carbocycles. The van der Waals surface area contributed by atoms with E-state index >= 15 is 0 Å². The number of nitrogens with one attached hydrogen (secondary N) is 1. The van der Waals surface area contributed by atoms with Gasteiger partial charge in [0.1, 0.15) is 10.8 Å². The first-order chi connectivity index (χ1) is 13.6. The lowest BCUT2D eigenvalue weighted by Gasteiger charge is -2.55. The summed E-state index contributed by atoms with van der Waals surface area (Å²) in [6, 6.07) is 6.76. The summed E-state index contributed by atoms with van der Waals surface area (Å²) in [5, 5.41) is 13.5. The number of halogens is 1. The molecule has 4 bridgehead atoms. The van der Waals surface area contributed by atoms with Crippen LogP contribution in [0.25, 0.3) is 0 Å². The fourth-order valence-corrected chi connectivity index (χ4v) is 7.63. The molecule has 4 nitrogen and oxygen atoms in total. The van der Waals surface area contributed by atoms with Crippen LogP contribution in [0, 0.1) is 29.5 Å². The molecule has 5 aliphatic rings. The van der Waals surface area contributed by atoms with Crippen LogP contribution in [-0.4, -0.2) is 16.1 Å². The molecule has 2 atom stereocenters. The largest absolute Gasteiger partial charge is 0.300 e. The Labute approximate surface area is 167 Å². The van der Waals surface area contributed by atoms with Gasteiger partial charge in [-0.2, -0.15) is 0 Å². The van der Waals surface area contributed by atoms with E-state index in [0.717, 1.165) is 22.8 Å². The zero-order chi connectivity index (χ0) is 18.9. The number of amides is 1. The molecular weight excluding hydrogens is 373 g/mol. The van der Waals surface area contributed by atoms with Crippen molar-refractivity contribution in [3.8, 4) is 0 Å². The predicted octanol–water partition coefficient (Wildman–Crippen LogP) is 4.89. The summed E-state index contributed by atoms with van der Waals surface area (Å²) >= 11 is 1.57. The molecule has 0 saturated heterocycles. The van der Waals surface area contributed by atoms with Gasteiger partial charge in [0.05, 0.1) is 0 Å². The molecule has 5 fully saturated rings. The first kappa shape index (κ1) is 17.1. The van der Waals surface area contributed by atoms with Crippen LogP contribution in [-0.2, 0) is 10.2 Å². The van der Waals surface area contributed by atoms with E-state index in [9.17, 15) is 9.18 Å². The van der Waals surface area contributed by atoms with Crippen LogP contribution in [0.15, 0.2) is 24.3 Å². The Morgan fingerprint density at radius 3 is 2.39 bits per heavy atom. The minimum absolute atomic E-state index is 0.0169. The molecule has 5 saturated carbocycles. The lowest BCUT2D eigenvalue weighted by atomic mass is 9.50. The molecule has 1 amide bonds. The average molecular weight is 398 g/mol. The highest BCUT2D eigenvalue weighted by atomic mass is 32.1. The van der Waals surface area contributed by atoms with Gasteiger partial charge in [0.2, 0.25) is 11.0 Å². The minimum atomic E-state index is -0.220. The van der Waals surface area contributed by atoms with Crippen LogP contribution in [0.2, 0.25) is 0 Å². The number of anilines is 1. The third kappa shape index (κ3) is 2.71. The van der Waals surface area contributed by atoms with Crippen LogP contribution >= 0.6 is 11.3 Å².